The van der Waals surface area contributed by atoms with Crippen LogP contribution in [0.5, 0.6) is 5.75 Å². The summed E-state index contributed by atoms with van der Waals surface area (Å²) < 4.78 is 33.2. The zero-order chi connectivity index (χ0) is 26.1. The maximum absolute atomic E-state index is 13.4. The second-order valence-electron chi connectivity index (χ2n) is 7.39. The second-order valence-corrected chi connectivity index (χ2v) is 10.6. The molecule has 0 bridgehead atoms. The maximum atomic E-state index is 13.4. The molecule has 188 valence electrons. The highest BCUT2D eigenvalue weighted by Gasteiger charge is 2.28. The van der Waals surface area contributed by atoms with Crippen LogP contribution in [0, 0.1) is 0 Å². The van der Waals surface area contributed by atoms with Crippen molar-refractivity contribution < 1.29 is 17.9 Å². The topological polar surface area (TPSA) is 88.1 Å². The lowest BCUT2D eigenvalue weighted by atomic mass is 10.2. The SMILES string of the molecule is C=CCOc1cccc(/C=N\NC(=O)CN(Cc2c(Cl)cccc2Cl)S(=O)(=O)c2ccc(Cl)cc2)c1. The molecule has 36 heavy (non-hydrogen) atoms. The van der Waals surface area contributed by atoms with Crippen molar-refractivity contribution in [3.05, 3.63) is 106 Å². The number of carbonyl (C=O) groups excluding carboxylic acids is 1. The zero-order valence-electron chi connectivity index (χ0n) is 18.9. The van der Waals surface area contributed by atoms with Crippen LogP contribution in [0.15, 0.2) is 89.4 Å². The van der Waals surface area contributed by atoms with Crippen LogP contribution in [0.3, 0.4) is 0 Å². The summed E-state index contributed by atoms with van der Waals surface area (Å²) in [5.41, 5.74) is 3.39. The van der Waals surface area contributed by atoms with Crippen molar-refractivity contribution in [1.29, 1.82) is 0 Å². The normalized spacial score (nSPS) is 11.6. The van der Waals surface area contributed by atoms with Crippen LogP contribution in [-0.2, 0) is 21.4 Å². The van der Waals surface area contributed by atoms with Crippen molar-refractivity contribution in [3.63, 3.8) is 0 Å². The number of hydrogen-bond donors (Lipinski definition) is 1. The Bertz CT molecular complexity index is 1340. The summed E-state index contributed by atoms with van der Waals surface area (Å²) >= 11 is 18.4. The van der Waals surface area contributed by atoms with E-state index in [2.05, 4.69) is 17.1 Å². The van der Waals surface area contributed by atoms with Gasteiger partial charge in [0.05, 0.1) is 17.7 Å². The van der Waals surface area contributed by atoms with Crippen LogP contribution < -0.4 is 10.2 Å². The van der Waals surface area contributed by atoms with Crippen LogP contribution in [0.1, 0.15) is 11.1 Å². The van der Waals surface area contributed by atoms with Gasteiger partial charge in [-0.3, -0.25) is 4.79 Å². The monoisotopic (exact) mass is 565 g/mol. The minimum absolute atomic E-state index is 0.0392. The molecular weight excluding hydrogens is 545 g/mol. The smallest absolute Gasteiger partial charge is 0.255 e. The summed E-state index contributed by atoms with van der Waals surface area (Å²) in [6, 6.07) is 17.5. The van der Waals surface area contributed by atoms with Crippen molar-refractivity contribution in [2.24, 2.45) is 5.10 Å². The predicted molar refractivity (Wildman–Crippen MR) is 143 cm³/mol. The second kappa shape index (κ2) is 12.9. The van der Waals surface area contributed by atoms with Gasteiger partial charge in [0, 0.05) is 27.2 Å². The maximum Gasteiger partial charge on any atom is 0.255 e. The van der Waals surface area contributed by atoms with Crippen molar-refractivity contribution in [2.45, 2.75) is 11.4 Å². The number of nitrogens with one attached hydrogen (secondary N) is 1. The Kier molecular flexibility index (Phi) is 9.92. The number of ether oxygens (including phenoxy) is 1. The van der Waals surface area contributed by atoms with Crippen LogP contribution in [0.25, 0.3) is 0 Å². The molecule has 3 aromatic carbocycles. The lowest BCUT2D eigenvalue weighted by Crippen LogP contribution is -2.39. The summed E-state index contributed by atoms with van der Waals surface area (Å²) in [7, 11) is -4.12. The lowest BCUT2D eigenvalue weighted by molar-refractivity contribution is -0.121. The van der Waals surface area contributed by atoms with Gasteiger partial charge in [-0.15, -0.1) is 0 Å². The Hall–Kier alpha value is -2.88. The standard InChI is InChI=1S/C25H22Cl3N3O4S/c1-2-13-35-20-6-3-5-18(14-20)15-29-30-25(32)17-31(16-22-23(27)7-4-8-24(22)28)36(33,34)21-11-9-19(26)10-12-21/h2-12,14-15H,1,13,16-17H2,(H,30,32)/b29-15-. The molecule has 1 amide bonds. The minimum Gasteiger partial charge on any atom is -0.490 e. The number of hydrogen-bond acceptors (Lipinski definition) is 5. The average molecular weight is 567 g/mol. The fourth-order valence-corrected chi connectivity index (χ4v) is 5.06. The van der Waals surface area contributed by atoms with E-state index in [1.807, 2.05) is 0 Å². The Morgan fingerprint density at radius 3 is 2.36 bits per heavy atom. The highest BCUT2D eigenvalue weighted by Crippen LogP contribution is 2.28. The van der Waals surface area contributed by atoms with Gasteiger partial charge in [0.1, 0.15) is 12.4 Å². The van der Waals surface area contributed by atoms with E-state index < -0.39 is 22.5 Å². The third kappa shape index (κ3) is 7.56. The van der Waals surface area contributed by atoms with E-state index in [0.29, 0.717) is 28.5 Å². The van der Waals surface area contributed by atoms with Crippen molar-refractivity contribution in [3.8, 4) is 5.75 Å². The molecule has 0 saturated carbocycles. The molecule has 0 unspecified atom stereocenters. The number of sulfonamides is 1. The summed E-state index contributed by atoms with van der Waals surface area (Å²) in [5.74, 6) is -0.0481. The molecule has 0 saturated heterocycles. The third-order valence-electron chi connectivity index (χ3n) is 4.80. The van der Waals surface area contributed by atoms with E-state index in [0.717, 1.165) is 4.31 Å². The van der Waals surface area contributed by atoms with E-state index in [9.17, 15) is 13.2 Å². The van der Waals surface area contributed by atoms with Gasteiger partial charge in [-0.05, 0) is 54.1 Å². The van der Waals surface area contributed by atoms with Gasteiger partial charge >= 0.3 is 0 Å². The highest BCUT2D eigenvalue weighted by atomic mass is 35.5. The van der Waals surface area contributed by atoms with Crippen LogP contribution >= 0.6 is 34.8 Å². The van der Waals surface area contributed by atoms with Gasteiger partial charge < -0.3 is 4.74 Å². The Morgan fingerprint density at radius 1 is 1.03 bits per heavy atom. The third-order valence-corrected chi connectivity index (χ3v) is 7.56. The van der Waals surface area contributed by atoms with E-state index in [1.165, 1.54) is 30.5 Å². The van der Waals surface area contributed by atoms with E-state index >= 15 is 0 Å². The summed E-state index contributed by atoms with van der Waals surface area (Å²) in [5, 5.41) is 4.86. The van der Waals surface area contributed by atoms with E-state index in [4.69, 9.17) is 39.5 Å². The first-order valence-corrected chi connectivity index (χ1v) is 13.1. The molecule has 0 fully saturated rings. The number of rotatable bonds is 11. The Morgan fingerprint density at radius 2 is 1.69 bits per heavy atom. The first kappa shape index (κ1) is 27.7. The van der Waals surface area contributed by atoms with Gasteiger partial charge in [-0.1, -0.05) is 65.7 Å². The van der Waals surface area contributed by atoms with Crippen molar-refractivity contribution in [1.82, 2.24) is 9.73 Å². The summed E-state index contributed by atoms with van der Waals surface area (Å²) in [6.07, 6.45) is 3.04. The molecule has 0 aromatic heterocycles. The summed E-state index contributed by atoms with van der Waals surface area (Å²) in [6.45, 7) is 3.18. The van der Waals surface area contributed by atoms with E-state index in [-0.39, 0.29) is 21.5 Å². The molecular formula is C25H22Cl3N3O4S. The number of benzene rings is 3. The molecule has 11 heteroatoms. The van der Waals surface area contributed by atoms with Gasteiger partial charge in [-0.2, -0.15) is 9.41 Å². The first-order valence-electron chi connectivity index (χ1n) is 10.5. The van der Waals surface area contributed by atoms with Gasteiger partial charge in [0.25, 0.3) is 5.91 Å². The van der Waals surface area contributed by atoms with Crippen molar-refractivity contribution >= 4 is 56.9 Å². The quantitative estimate of drug-likeness (QED) is 0.187. The van der Waals surface area contributed by atoms with E-state index in [1.54, 1.807) is 48.5 Å². The largest absolute Gasteiger partial charge is 0.490 e. The molecule has 0 aliphatic rings. The fraction of sp³-hybridized carbons (Fsp3) is 0.120. The summed E-state index contributed by atoms with van der Waals surface area (Å²) in [4.78, 5) is 12.7. The molecule has 7 nitrogen and oxygen atoms in total. The van der Waals surface area contributed by atoms with Crippen LogP contribution in [-0.4, -0.2) is 38.0 Å². The molecule has 1 N–H and O–H groups in total. The molecule has 0 spiro atoms. The number of hydrazone groups is 1. The van der Waals surface area contributed by atoms with Crippen LogP contribution in [0.4, 0.5) is 0 Å². The number of nitrogens with zero attached hydrogens (tertiary/aromatic N) is 2. The molecule has 0 radical (unpaired) electrons. The predicted octanol–water partition coefficient (Wildman–Crippen LogP) is 5.55. The van der Waals surface area contributed by atoms with Gasteiger partial charge in [-0.25, -0.2) is 13.8 Å². The molecule has 0 atom stereocenters. The average Bonchev–Trinajstić information content (AvgIpc) is 2.85. The number of amides is 1. The Balaban J connectivity index is 1.79. The van der Waals surface area contributed by atoms with Crippen molar-refractivity contribution in [2.75, 3.05) is 13.2 Å². The zero-order valence-corrected chi connectivity index (χ0v) is 22.0. The number of carbonyl (C=O) groups is 1. The minimum atomic E-state index is -4.12. The molecule has 3 rings (SSSR count). The molecule has 0 aliphatic heterocycles. The molecule has 3 aromatic rings. The van der Waals surface area contributed by atoms with Gasteiger partial charge in [0.15, 0.2) is 0 Å². The number of halogens is 3. The molecule has 0 heterocycles. The van der Waals surface area contributed by atoms with Gasteiger partial charge in [0.2, 0.25) is 10.0 Å². The fourth-order valence-electron chi connectivity index (χ4n) is 3.06. The highest BCUT2D eigenvalue weighted by molar-refractivity contribution is 7.89. The van der Waals surface area contributed by atoms with Crippen LogP contribution in [0.2, 0.25) is 15.1 Å². The first-order chi connectivity index (χ1) is 17.2. The molecule has 0 aliphatic carbocycles. The lowest BCUT2D eigenvalue weighted by Gasteiger charge is -2.22. The Labute approximate surface area is 225 Å².